The Hall–Kier alpha value is -3.53. The predicted molar refractivity (Wildman–Crippen MR) is 133 cm³/mol. The van der Waals surface area contributed by atoms with E-state index in [1.807, 2.05) is 24.8 Å². The average Bonchev–Trinajstić information content (AvgIpc) is 3.41. The Morgan fingerprint density at radius 1 is 1.22 bits per heavy atom. The van der Waals surface area contributed by atoms with Crippen molar-refractivity contribution >= 4 is 23.1 Å². The number of aryl methyl sites for hydroxylation is 1. The number of nitrogens with zero attached hydrogens (tertiary/aromatic N) is 4. The Labute approximate surface area is 207 Å². The maximum atomic E-state index is 13.4. The van der Waals surface area contributed by atoms with Crippen LogP contribution in [0.4, 0.5) is 20.3 Å². The van der Waals surface area contributed by atoms with Crippen LogP contribution in [0.2, 0.25) is 0 Å². The van der Waals surface area contributed by atoms with E-state index in [1.54, 1.807) is 35.7 Å². The van der Waals surface area contributed by atoms with Crippen molar-refractivity contribution in [2.75, 3.05) is 29.9 Å². The normalized spacial score (nSPS) is 20.4. The van der Waals surface area contributed by atoms with Crippen LogP contribution in [0.25, 0.3) is 5.65 Å². The van der Waals surface area contributed by atoms with Gasteiger partial charge in [0.2, 0.25) is 0 Å². The third-order valence-electron chi connectivity index (χ3n) is 7.28. The van der Waals surface area contributed by atoms with Gasteiger partial charge in [0, 0.05) is 42.6 Å². The number of anilines is 2. The molecule has 190 valence electrons. The molecule has 3 atom stereocenters. The molecule has 2 aromatic heterocycles. The molecule has 0 aliphatic carbocycles. The molecule has 2 aliphatic rings. The summed E-state index contributed by atoms with van der Waals surface area (Å²) < 4.78 is 27.4. The number of hydrogen-bond acceptors (Lipinski definition) is 6. The Morgan fingerprint density at radius 3 is 2.64 bits per heavy atom. The number of aromatic carboxylic acids is 1. The van der Waals surface area contributed by atoms with E-state index in [9.17, 15) is 23.5 Å². The van der Waals surface area contributed by atoms with Gasteiger partial charge in [0.1, 0.15) is 11.5 Å². The van der Waals surface area contributed by atoms with Crippen LogP contribution in [0.3, 0.4) is 0 Å². The standard InChI is InChI=1S/C26H29F2N5O3/c1-14-8-20(16(3)29-21-7-5-4-6-19(21)26(35)36)24-30-23(15(2)25(34)33(24)10-14)32-12-17-9-18(32)11-31(17)13-22(27)28/h4-8,10,16-18,22,29H,9,11-13H2,1-3H3,(H,35,36)/t16?,17-,18-/m1/s1. The fraction of sp³-hybridized carbons (Fsp3) is 0.423. The highest BCUT2D eigenvalue weighted by molar-refractivity contribution is 5.94. The van der Waals surface area contributed by atoms with Gasteiger partial charge >= 0.3 is 5.97 Å². The van der Waals surface area contributed by atoms with E-state index in [1.165, 1.54) is 6.07 Å². The number of aromatic nitrogens is 2. The highest BCUT2D eigenvalue weighted by atomic mass is 19.3. The molecule has 1 unspecified atom stereocenters. The molecule has 1 aromatic carbocycles. The first-order valence-electron chi connectivity index (χ1n) is 12.0. The molecule has 36 heavy (non-hydrogen) atoms. The summed E-state index contributed by atoms with van der Waals surface area (Å²) in [7, 11) is 0. The van der Waals surface area contributed by atoms with Crippen LogP contribution in [0.1, 0.15) is 46.4 Å². The molecule has 0 amide bonds. The third-order valence-corrected chi connectivity index (χ3v) is 7.28. The largest absolute Gasteiger partial charge is 0.478 e. The molecule has 8 nitrogen and oxygen atoms in total. The topological polar surface area (TPSA) is 90.2 Å². The highest BCUT2D eigenvalue weighted by Crippen LogP contribution is 2.35. The molecule has 4 heterocycles. The number of piperazine rings is 1. The van der Waals surface area contributed by atoms with E-state index in [4.69, 9.17) is 4.98 Å². The number of para-hydroxylation sites is 1. The minimum absolute atomic E-state index is 0.0225. The Kier molecular flexibility index (Phi) is 6.15. The molecule has 0 saturated carbocycles. The number of carbonyl (C=O) groups is 1. The molecule has 5 rings (SSSR count). The third kappa shape index (κ3) is 4.19. The van der Waals surface area contributed by atoms with Gasteiger partial charge in [-0.3, -0.25) is 14.1 Å². The van der Waals surface area contributed by atoms with E-state index < -0.39 is 12.4 Å². The van der Waals surface area contributed by atoms with Crippen molar-refractivity contribution in [1.29, 1.82) is 0 Å². The van der Waals surface area contributed by atoms with Crippen LogP contribution < -0.4 is 15.8 Å². The van der Waals surface area contributed by atoms with Gasteiger partial charge in [-0.1, -0.05) is 12.1 Å². The zero-order valence-corrected chi connectivity index (χ0v) is 20.4. The molecule has 2 N–H and O–H groups in total. The van der Waals surface area contributed by atoms with Gasteiger partial charge in [0.25, 0.3) is 12.0 Å². The second kappa shape index (κ2) is 9.16. The molecule has 2 aliphatic heterocycles. The molecular weight excluding hydrogens is 468 g/mol. The molecule has 3 aromatic rings. The van der Waals surface area contributed by atoms with Gasteiger partial charge in [0.15, 0.2) is 0 Å². The zero-order valence-electron chi connectivity index (χ0n) is 20.4. The predicted octanol–water partition coefficient (Wildman–Crippen LogP) is 3.71. The van der Waals surface area contributed by atoms with Gasteiger partial charge in [0.05, 0.1) is 23.7 Å². The van der Waals surface area contributed by atoms with Gasteiger partial charge in [-0.2, -0.15) is 0 Å². The SMILES string of the molecule is Cc1cc(C(C)Nc2ccccc2C(=O)O)c2nc(N3C[C@H]4C[C@@H]3CN4CC(F)F)c(C)c(=O)n2c1. The van der Waals surface area contributed by atoms with Crippen LogP contribution >= 0.6 is 0 Å². The Bertz CT molecular complexity index is 1390. The monoisotopic (exact) mass is 497 g/mol. The summed E-state index contributed by atoms with van der Waals surface area (Å²) in [5.41, 5.74) is 3.10. The second-order valence-electron chi connectivity index (χ2n) is 9.79. The molecule has 2 bridgehead atoms. The first-order valence-corrected chi connectivity index (χ1v) is 12.0. The lowest BCUT2D eigenvalue weighted by molar-refractivity contribution is 0.0697. The van der Waals surface area contributed by atoms with Crippen LogP contribution in [-0.4, -0.2) is 63.5 Å². The van der Waals surface area contributed by atoms with Crippen LogP contribution in [0.15, 0.2) is 41.3 Å². The molecular formula is C26H29F2N5O3. The van der Waals surface area contributed by atoms with Crippen molar-refractivity contribution in [3.8, 4) is 0 Å². The maximum absolute atomic E-state index is 13.4. The fourth-order valence-electron chi connectivity index (χ4n) is 5.60. The molecule has 10 heteroatoms. The molecule has 0 spiro atoms. The number of fused-ring (bicyclic) bond motifs is 3. The fourth-order valence-corrected chi connectivity index (χ4v) is 5.60. The van der Waals surface area contributed by atoms with E-state index in [2.05, 4.69) is 10.2 Å². The van der Waals surface area contributed by atoms with E-state index in [0.29, 0.717) is 35.8 Å². The lowest BCUT2D eigenvalue weighted by atomic mass is 10.1. The maximum Gasteiger partial charge on any atom is 0.337 e. The second-order valence-corrected chi connectivity index (χ2v) is 9.79. The number of benzene rings is 1. The quantitative estimate of drug-likeness (QED) is 0.514. The van der Waals surface area contributed by atoms with Gasteiger partial charge < -0.3 is 15.3 Å². The van der Waals surface area contributed by atoms with Crippen LogP contribution in [0.5, 0.6) is 0 Å². The van der Waals surface area contributed by atoms with Crippen molar-refractivity contribution in [2.24, 2.45) is 0 Å². The number of pyridine rings is 1. The smallest absolute Gasteiger partial charge is 0.337 e. The summed E-state index contributed by atoms with van der Waals surface area (Å²) in [5.74, 6) is -0.441. The van der Waals surface area contributed by atoms with Crippen molar-refractivity contribution in [3.05, 3.63) is 69.1 Å². The first-order chi connectivity index (χ1) is 17.1. The number of likely N-dealkylation sites (tertiary alicyclic amines) is 1. The molecule has 2 saturated heterocycles. The first kappa shape index (κ1) is 24.2. The highest BCUT2D eigenvalue weighted by Gasteiger charge is 2.45. The van der Waals surface area contributed by atoms with Crippen molar-refractivity contribution in [2.45, 2.75) is 51.7 Å². The molecule has 2 fully saturated rings. The summed E-state index contributed by atoms with van der Waals surface area (Å²) in [6.45, 7) is 6.41. The van der Waals surface area contributed by atoms with E-state index in [0.717, 1.165) is 17.5 Å². The Morgan fingerprint density at radius 2 is 1.97 bits per heavy atom. The van der Waals surface area contributed by atoms with Crippen molar-refractivity contribution in [3.63, 3.8) is 0 Å². The Balaban J connectivity index is 1.53. The summed E-state index contributed by atoms with van der Waals surface area (Å²) in [5, 5.41) is 12.8. The van der Waals surface area contributed by atoms with Crippen LogP contribution in [0, 0.1) is 13.8 Å². The van der Waals surface area contributed by atoms with Crippen LogP contribution in [-0.2, 0) is 0 Å². The lowest BCUT2D eigenvalue weighted by Crippen LogP contribution is -2.48. The number of rotatable bonds is 7. The van der Waals surface area contributed by atoms with Crippen molar-refractivity contribution < 1.29 is 18.7 Å². The van der Waals surface area contributed by atoms with Gasteiger partial charge in [-0.15, -0.1) is 0 Å². The lowest BCUT2D eigenvalue weighted by Gasteiger charge is -2.35. The summed E-state index contributed by atoms with van der Waals surface area (Å²) in [4.78, 5) is 34.0. The van der Waals surface area contributed by atoms with E-state index in [-0.39, 0.29) is 35.8 Å². The van der Waals surface area contributed by atoms with E-state index >= 15 is 0 Å². The minimum Gasteiger partial charge on any atom is -0.478 e. The van der Waals surface area contributed by atoms with Gasteiger partial charge in [-0.25, -0.2) is 18.6 Å². The number of carboxylic acid groups (broad SMARTS) is 1. The summed E-state index contributed by atoms with van der Waals surface area (Å²) >= 11 is 0. The minimum atomic E-state index is -2.37. The summed E-state index contributed by atoms with van der Waals surface area (Å²) in [6, 6.07) is 8.34. The van der Waals surface area contributed by atoms with Gasteiger partial charge in [-0.05, 0) is 51.0 Å². The number of carboxylic acids is 1. The number of nitrogens with one attached hydrogen (secondary N) is 1. The number of alkyl halides is 2. The number of halogens is 2. The molecule has 0 radical (unpaired) electrons. The zero-order chi connectivity index (χ0) is 25.7. The average molecular weight is 498 g/mol. The summed E-state index contributed by atoms with van der Waals surface area (Å²) in [6.07, 6.45) is 0.162. The number of hydrogen-bond donors (Lipinski definition) is 2. The van der Waals surface area contributed by atoms with Crippen molar-refractivity contribution in [1.82, 2.24) is 14.3 Å².